The zero-order valence-corrected chi connectivity index (χ0v) is 17.6. The molecule has 6 heteroatoms. The lowest BCUT2D eigenvalue weighted by atomic mass is 10.0. The number of aryl methyl sites for hydroxylation is 1. The average Bonchev–Trinajstić information content (AvgIpc) is 3.30. The summed E-state index contributed by atoms with van der Waals surface area (Å²) in [5.41, 5.74) is 3.92. The van der Waals surface area contributed by atoms with Crippen LogP contribution in [-0.2, 0) is 11.2 Å². The smallest absolute Gasteiger partial charge is 0.225 e. The first-order chi connectivity index (χ1) is 15.6. The monoisotopic (exact) mass is 426 g/mol. The molecule has 3 heterocycles. The van der Waals surface area contributed by atoms with E-state index in [9.17, 15) is 9.59 Å². The van der Waals surface area contributed by atoms with Crippen LogP contribution in [0.4, 0.5) is 5.82 Å². The van der Waals surface area contributed by atoms with Crippen molar-refractivity contribution in [1.82, 2.24) is 4.98 Å². The number of nitrogens with one attached hydrogen (secondary N) is 1. The van der Waals surface area contributed by atoms with Crippen molar-refractivity contribution in [2.45, 2.75) is 38.2 Å². The molecule has 1 saturated carbocycles. The van der Waals surface area contributed by atoms with E-state index in [-0.39, 0.29) is 29.6 Å². The van der Waals surface area contributed by atoms with Crippen molar-refractivity contribution in [2.24, 2.45) is 5.92 Å². The van der Waals surface area contributed by atoms with Gasteiger partial charge in [0.1, 0.15) is 29.2 Å². The molecule has 6 nitrogen and oxygen atoms in total. The number of nitrogens with zero attached hydrogens (tertiary/aromatic N) is 1. The number of carbonyl (C=O) groups excluding carboxylic acids is 2. The molecule has 3 atom stereocenters. The molecule has 2 aromatic carbocycles. The maximum atomic E-state index is 12.7. The van der Waals surface area contributed by atoms with Gasteiger partial charge in [0.25, 0.3) is 0 Å². The Hall–Kier alpha value is -3.67. The maximum absolute atomic E-state index is 12.7. The fourth-order valence-electron chi connectivity index (χ4n) is 4.81. The molecule has 1 fully saturated rings. The summed E-state index contributed by atoms with van der Waals surface area (Å²) in [5.74, 6) is 3.43. The zero-order chi connectivity index (χ0) is 21.8. The molecule has 1 aromatic heterocycles. The van der Waals surface area contributed by atoms with Crippen LogP contribution in [0.2, 0.25) is 0 Å². The third-order valence-corrected chi connectivity index (χ3v) is 6.59. The third kappa shape index (κ3) is 3.23. The van der Waals surface area contributed by atoms with Crippen molar-refractivity contribution in [3.05, 3.63) is 77.0 Å². The molecule has 0 bridgehead atoms. The summed E-state index contributed by atoms with van der Waals surface area (Å²) in [4.78, 5) is 28.6. The summed E-state index contributed by atoms with van der Waals surface area (Å²) in [6.07, 6.45) is 3.22. The number of hydrogen-bond donors (Lipinski definition) is 1. The van der Waals surface area contributed by atoms with E-state index >= 15 is 0 Å². The van der Waals surface area contributed by atoms with Crippen LogP contribution in [0.1, 0.15) is 45.8 Å². The van der Waals surface area contributed by atoms with E-state index in [1.54, 1.807) is 6.20 Å². The molecule has 0 unspecified atom stereocenters. The largest absolute Gasteiger partial charge is 0.489 e. The van der Waals surface area contributed by atoms with Gasteiger partial charge in [-0.15, -0.1) is 0 Å². The van der Waals surface area contributed by atoms with Crippen LogP contribution in [0, 0.1) is 12.8 Å². The summed E-state index contributed by atoms with van der Waals surface area (Å²) in [5, 5.41) is 2.80. The van der Waals surface area contributed by atoms with Crippen molar-refractivity contribution in [3.63, 3.8) is 0 Å². The molecule has 0 spiro atoms. The van der Waals surface area contributed by atoms with Crippen molar-refractivity contribution < 1.29 is 19.1 Å². The second-order valence-corrected chi connectivity index (χ2v) is 8.75. The summed E-state index contributed by atoms with van der Waals surface area (Å²) in [7, 11) is 0. The Morgan fingerprint density at radius 1 is 1.16 bits per heavy atom. The van der Waals surface area contributed by atoms with Gasteiger partial charge in [-0.25, -0.2) is 4.98 Å². The molecular weight excluding hydrogens is 404 g/mol. The Balaban J connectivity index is 1.19. The topological polar surface area (TPSA) is 77.5 Å². The van der Waals surface area contributed by atoms with Gasteiger partial charge in [-0.3, -0.25) is 9.59 Å². The molecule has 6 rings (SSSR count). The fourth-order valence-corrected chi connectivity index (χ4v) is 4.81. The number of carbonyl (C=O) groups is 2. The van der Waals surface area contributed by atoms with E-state index in [4.69, 9.17) is 9.47 Å². The number of fused-ring (bicyclic) bond motifs is 4. The number of ether oxygens (including phenoxy) is 2. The highest BCUT2D eigenvalue weighted by Crippen LogP contribution is 2.60. The predicted octanol–water partition coefficient (Wildman–Crippen LogP) is 4.81. The average molecular weight is 426 g/mol. The number of anilines is 1. The lowest BCUT2D eigenvalue weighted by Crippen LogP contribution is -2.20. The minimum atomic E-state index is -0.0252. The highest BCUT2D eigenvalue weighted by atomic mass is 16.5. The van der Waals surface area contributed by atoms with Gasteiger partial charge in [-0.05, 0) is 37.6 Å². The number of hydrogen-bond acceptors (Lipinski definition) is 5. The standard InChI is InChI=1S/C26H22N2O4/c1-14-2-4-15(5-3-14)20(29)13-19-24-18-12-16(6-8-21(18)32-25(19)24)31-22-10-11-27-26-17(22)7-9-23(30)28-26/h2-6,8,10-12,19,24-25H,7,9,13H2,1H3,(H,27,28,30)/t19-,24+,25-/m1/s1. The minimum Gasteiger partial charge on any atom is -0.489 e. The van der Waals surface area contributed by atoms with Gasteiger partial charge in [0, 0.05) is 47.6 Å². The van der Waals surface area contributed by atoms with Gasteiger partial charge in [0.2, 0.25) is 5.91 Å². The van der Waals surface area contributed by atoms with Crippen LogP contribution in [0.15, 0.2) is 54.7 Å². The summed E-state index contributed by atoms with van der Waals surface area (Å²) in [6.45, 7) is 2.02. The van der Waals surface area contributed by atoms with E-state index in [2.05, 4.69) is 10.3 Å². The van der Waals surface area contributed by atoms with Crippen molar-refractivity contribution in [2.75, 3.05) is 5.32 Å². The SMILES string of the molecule is Cc1ccc(C(=O)C[C@H]2[C@H]3Oc4ccc(Oc5ccnc6c5CCC(=O)N6)cc4[C@@H]23)cc1. The Kier molecular flexibility index (Phi) is 4.28. The highest BCUT2D eigenvalue weighted by molar-refractivity contribution is 5.96. The van der Waals surface area contributed by atoms with Crippen molar-refractivity contribution in [3.8, 4) is 17.2 Å². The van der Waals surface area contributed by atoms with Crippen LogP contribution < -0.4 is 14.8 Å². The van der Waals surface area contributed by atoms with Crippen LogP contribution in [0.25, 0.3) is 0 Å². The Morgan fingerprint density at radius 3 is 2.84 bits per heavy atom. The molecule has 0 radical (unpaired) electrons. The normalized spacial score (nSPS) is 22.2. The highest BCUT2D eigenvalue weighted by Gasteiger charge is 2.59. The summed E-state index contributed by atoms with van der Waals surface area (Å²) in [6, 6.07) is 15.4. The van der Waals surface area contributed by atoms with Crippen LogP contribution in [-0.4, -0.2) is 22.8 Å². The lowest BCUT2D eigenvalue weighted by Gasteiger charge is -2.19. The number of benzene rings is 2. The first kappa shape index (κ1) is 19.0. The number of amides is 1. The van der Waals surface area contributed by atoms with Gasteiger partial charge in [0.05, 0.1) is 0 Å². The minimum absolute atomic E-state index is 0.0252. The maximum Gasteiger partial charge on any atom is 0.225 e. The molecule has 2 aliphatic heterocycles. The molecule has 160 valence electrons. The van der Waals surface area contributed by atoms with Crippen LogP contribution in [0.5, 0.6) is 17.2 Å². The lowest BCUT2D eigenvalue weighted by molar-refractivity contribution is -0.116. The second-order valence-electron chi connectivity index (χ2n) is 8.75. The molecule has 0 saturated heterocycles. The fraction of sp³-hybridized carbons (Fsp3) is 0.269. The molecule has 3 aliphatic rings. The number of rotatable bonds is 5. The molecule has 1 aliphatic carbocycles. The Morgan fingerprint density at radius 2 is 2.00 bits per heavy atom. The third-order valence-electron chi connectivity index (χ3n) is 6.59. The van der Waals surface area contributed by atoms with Crippen LogP contribution >= 0.6 is 0 Å². The number of aromatic nitrogens is 1. The summed E-state index contributed by atoms with van der Waals surface area (Å²) < 4.78 is 12.3. The van der Waals surface area contributed by atoms with Gasteiger partial charge in [-0.2, -0.15) is 0 Å². The molecule has 32 heavy (non-hydrogen) atoms. The van der Waals surface area contributed by atoms with Gasteiger partial charge in [-0.1, -0.05) is 29.8 Å². The molecule has 3 aromatic rings. The number of pyridine rings is 1. The summed E-state index contributed by atoms with van der Waals surface area (Å²) >= 11 is 0. The van der Waals surface area contributed by atoms with Gasteiger partial charge < -0.3 is 14.8 Å². The first-order valence-corrected chi connectivity index (χ1v) is 10.9. The van der Waals surface area contributed by atoms with Crippen molar-refractivity contribution in [1.29, 1.82) is 0 Å². The predicted molar refractivity (Wildman–Crippen MR) is 118 cm³/mol. The molecular formula is C26H22N2O4. The number of ketones is 1. The van der Waals surface area contributed by atoms with E-state index in [1.807, 2.05) is 55.5 Å². The number of Topliss-reactive ketones (excluding diaryl/α,β-unsaturated/α-hetero) is 1. The zero-order valence-electron chi connectivity index (χ0n) is 17.6. The van der Waals surface area contributed by atoms with Gasteiger partial charge in [0.15, 0.2) is 5.78 Å². The van der Waals surface area contributed by atoms with E-state index < -0.39 is 0 Å². The molecule has 1 amide bonds. The Bertz CT molecular complexity index is 1250. The van der Waals surface area contributed by atoms with Gasteiger partial charge >= 0.3 is 0 Å². The molecule has 1 N–H and O–H groups in total. The first-order valence-electron chi connectivity index (χ1n) is 10.9. The van der Waals surface area contributed by atoms with Crippen molar-refractivity contribution >= 4 is 17.5 Å². The van der Waals surface area contributed by atoms with E-state index in [1.165, 1.54) is 0 Å². The van der Waals surface area contributed by atoms with Crippen LogP contribution in [0.3, 0.4) is 0 Å². The second kappa shape index (κ2) is 7.19. The van der Waals surface area contributed by atoms with E-state index in [0.29, 0.717) is 36.6 Å². The van der Waals surface area contributed by atoms with E-state index in [0.717, 1.165) is 28.0 Å². The quantitative estimate of drug-likeness (QED) is 0.592. The Labute approximate surface area is 185 Å².